The molecule has 0 aliphatic carbocycles. The van der Waals surface area contributed by atoms with Crippen molar-refractivity contribution in [1.29, 1.82) is 0 Å². The molecule has 0 saturated heterocycles. The molecule has 0 aromatic rings. The van der Waals surface area contributed by atoms with Crippen LogP contribution in [0.4, 0.5) is 0 Å². The van der Waals surface area contributed by atoms with Crippen LogP contribution in [0, 0.1) is 0 Å². The Kier molecular flexibility index (Phi) is 36.5. The van der Waals surface area contributed by atoms with Crippen LogP contribution in [0.1, 0.15) is 213 Å². The van der Waals surface area contributed by atoms with E-state index in [1.165, 1.54) is 128 Å². The van der Waals surface area contributed by atoms with Crippen molar-refractivity contribution in [1.82, 2.24) is 10.6 Å². The van der Waals surface area contributed by atoms with Crippen molar-refractivity contribution in [2.24, 2.45) is 0 Å². The van der Waals surface area contributed by atoms with Gasteiger partial charge in [-0.25, -0.2) is 4.79 Å². The topological polar surface area (TPSA) is 142 Å². The average molecular weight is 737 g/mol. The van der Waals surface area contributed by atoms with E-state index in [1.54, 1.807) is 0 Å². The Labute approximate surface area is 318 Å². The molecule has 0 radical (unpaired) electrons. The van der Waals surface area contributed by atoms with E-state index in [0.717, 1.165) is 51.4 Å². The highest BCUT2D eigenvalue weighted by atomic mass is 16.5. The van der Waals surface area contributed by atoms with Crippen LogP contribution >= 0.6 is 0 Å². The molecular weight excluding hydrogens is 656 g/mol. The number of hydrogen-bond donors (Lipinski definition) is 4. The summed E-state index contributed by atoms with van der Waals surface area (Å²) in [7, 11) is 0. The molecule has 2 unspecified atom stereocenters. The van der Waals surface area contributed by atoms with Gasteiger partial charge in [0.15, 0.2) is 0 Å². The highest BCUT2D eigenvalue weighted by Crippen LogP contribution is 2.16. The fourth-order valence-electron chi connectivity index (χ4n) is 6.39. The summed E-state index contributed by atoms with van der Waals surface area (Å²) in [5.41, 5.74) is 0. The van der Waals surface area contributed by atoms with E-state index in [-0.39, 0.29) is 30.9 Å². The van der Waals surface area contributed by atoms with Crippen molar-refractivity contribution in [2.75, 3.05) is 13.2 Å². The number of hydrogen-bond acceptors (Lipinski definition) is 6. The van der Waals surface area contributed by atoms with Crippen LogP contribution in [-0.4, -0.2) is 59.3 Å². The first kappa shape index (κ1) is 49.6. The summed E-state index contributed by atoms with van der Waals surface area (Å²) in [4.78, 5) is 47.5. The van der Waals surface area contributed by atoms with E-state index in [9.17, 15) is 19.2 Å². The number of ether oxygens (including phenoxy) is 1. The summed E-state index contributed by atoms with van der Waals surface area (Å²) < 4.78 is 5.92. The monoisotopic (exact) mass is 737 g/mol. The van der Waals surface area contributed by atoms with Crippen molar-refractivity contribution in [3.63, 3.8) is 0 Å². The number of allylic oxidation sites excluding steroid dienone is 1. The third-order valence-corrected chi connectivity index (χ3v) is 9.75. The molecule has 0 aromatic carbocycles. The van der Waals surface area contributed by atoms with Gasteiger partial charge in [-0.3, -0.25) is 14.4 Å². The van der Waals surface area contributed by atoms with Crippen LogP contribution in [0.3, 0.4) is 0 Å². The lowest BCUT2D eigenvalue weighted by Crippen LogP contribution is -2.47. The lowest BCUT2D eigenvalue weighted by molar-refractivity contribution is -0.147. The lowest BCUT2D eigenvalue weighted by atomic mass is 10.0. The first-order valence-electron chi connectivity index (χ1n) is 21.6. The molecule has 0 heterocycles. The highest BCUT2D eigenvalue weighted by molar-refractivity contribution is 5.87. The number of aliphatic carboxylic acids is 1. The van der Waals surface area contributed by atoms with Crippen molar-refractivity contribution < 1.29 is 34.1 Å². The highest BCUT2D eigenvalue weighted by Gasteiger charge is 2.18. The van der Waals surface area contributed by atoms with E-state index in [0.29, 0.717) is 12.8 Å². The molecule has 0 saturated carbocycles. The molecule has 4 N–H and O–H groups in total. The Morgan fingerprint density at radius 2 is 1.02 bits per heavy atom. The van der Waals surface area contributed by atoms with E-state index < -0.39 is 24.5 Å². The maximum absolute atomic E-state index is 12.7. The zero-order chi connectivity index (χ0) is 38.3. The van der Waals surface area contributed by atoms with Crippen LogP contribution in [-0.2, 0) is 23.9 Å². The van der Waals surface area contributed by atoms with Gasteiger partial charge in [0.2, 0.25) is 11.8 Å². The molecule has 0 spiro atoms. The summed E-state index contributed by atoms with van der Waals surface area (Å²) in [5, 5.41) is 22.5. The molecule has 0 rings (SSSR count). The molecular formula is C43H80N2O7. The number of amides is 2. The second-order valence-electron chi connectivity index (χ2n) is 14.8. The molecule has 0 aliphatic rings. The Morgan fingerprint density at radius 3 is 1.50 bits per heavy atom. The zero-order valence-corrected chi connectivity index (χ0v) is 33.6. The van der Waals surface area contributed by atoms with Gasteiger partial charge in [-0.05, 0) is 44.6 Å². The summed E-state index contributed by atoms with van der Waals surface area (Å²) in [5.74, 6) is -2.38. The SMILES string of the molecule is CCCCCCCCC/C=C\C(CCCCCCC(=O)NCC(=O)NC(CO)C(=O)O)OC(=O)CCCCCCCCCCCCCCCCCC. The summed E-state index contributed by atoms with van der Waals surface area (Å²) in [6.07, 6.45) is 39.7. The van der Waals surface area contributed by atoms with Crippen LogP contribution in [0.15, 0.2) is 12.2 Å². The maximum atomic E-state index is 12.7. The van der Waals surface area contributed by atoms with Gasteiger partial charge in [0.05, 0.1) is 13.2 Å². The molecule has 304 valence electrons. The molecule has 2 atom stereocenters. The van der Waals surface area contributed by atoms with Crippen molar-refractivity contribution in [3.8, 4) is 0 Å². The minimum absolute atomic E-state index is 0.106. The number of aliphatic hydroxyl groups is 1. The Hall–Kier alpha value is -2.42. The van der Waals surface area contributed by atoms with Crippen molar-refractivity contribution in [3.05, 3.63) is 12.2 Å². The number of nitrogens with one attached hydrogen (secondary N) is 2. The fraction of sp³-hybridized carbons (Fsp3) is 0.860. The molecule has 0 fully saturated rings. The quantitative estimate of drug-likeness (QED) is 0.0279. The smallest absolute Gasteiger partial charge is 0.328 e. The summed E-state index contributed by atoms with van der Waals surface area (Å²) >= 11 is 0. The largest absolute Gasteiger partial charge is 0.480 e. The number of carboxylic acid groups (broad SMARTS) is 1. The van der Waals surface area contributed by atoms with Crippen molar-refractivity contribution in [2.45, 2.75) is 225 Å². The van der Waals surface area contributed by atoms with Crippen LogP contribution < -0.4 is 10.6 Å². The zero-order valence-electron chi connectivity index (χ0n) is 33.6. The van der Waals surface area contributed by atoms with Gasteiger partial charge in [-0.15, -0.1) is 0 Å². The van der Waals surface area contributed by atoms with Crippen LogP contribution in [0.2, 0.25) is 0 Å². The second-order valence-corrected chi connectivity index (χ2v) is 14.8. The van der Waals surface area contributed by atoms with Gasteiger partial charge in [0.1, 0.15) is 12.1 Å². The Bertz CT molecular complexity index is 895. The standard InChI is InChI=1S/C43H80N2O7/c1-3-5-7-9-11-13-14-15-16-17-18-19-21-23-25-31-35-42(49)52-38(32-28-24-22-20-12-10-8-6-4-2)33-29-26-27-30-34-40(47)44-36-41(48)45-39(37-46)43(50)51/h28,32,38-39,46H,3-27,29-31,33-37H2,1-2H3,(H,44,47)(H,45,48)(H,50,51)/b32-28-. The Morgan fingerprint density at radius 1 is 0.577 bits per heavy atom. The molecule has 0 aliphatic heterocycles. The first-order valence-corrected chi connectivity index (χ1v) is 21.6. The van der Waals surface area contributed by atoms with Gasteiger partial charge >= 0.3 is 11.9 Å². The Balaban J connectivity index is 4.25. The van der Waals surface area contributed by atoms with E-state index in [4.69, 9.17) is 14.9 Å². The molecule has 2 amide bonds. The molecule has 0 aromatic heterocycles. The lowest BCUT2D eigenvalue weighted by Gasteiger charge is -2.15. The molecule has 9 nitrogen and oxygen atoms in total. The minimum Gasteiger partial charge on any atom is -0.480 e. The van der Waals surface area contributed by atoms with E-state index in [2.05, 4.69) is 36.6 Å². The predicted molar refractivity (Wildman–Crippen MR) is 213 cm³/mol. The van der Waals surface area contributed by atoms with Crippen molar-refractivity contribution >= 4 is 23.8 Å². The summed E-state index contributed by atoms with van der Waals surface area (Å²) in [6.45, 7) is 3.46. The van der Waals surface area contributed by atoms with Gasteiger partial charge < -0.3 is 25.6 Å². The van der Waals surface area contributed by atoms with Gasteiger partial charge in [-0.2, -0.15) is 0 Å². The van der Waals surface area contributed by atoms with Gasteiger partial charge in [-0.1, -0.05) is 168 Å². The number of rotatable bonds is 39. The van der Waals surface area contributed by atoms with Gasteiger partial charge in [0, 0.05) is 12.8 Å². The summed E-state index contributed by atoms with van der Waals surface area (Å²) in [6, 6.07) is -1.39. The third-order valence-electron chi connectivity index (χ3n) is 9.75. The second kappa shape index (κ2) is 38.3. The van der Waals surface area contributed by atoms with E-state index in [1.807, 2.05) is 0 Å². The first-order chi connectivity index (χ1) is 25.3. The predicted octanol–water partition coefficient (Wildman–Crippen LogP) is 10.3. The number of aliphatic hydroxyl groups excluding tert-OH is 1. The number of carbonyl (C=O) groups excluding carboxylic acids is 3. The minimum atomic E-state index is -1.39. The fourth-order valence-corrected chi connectivity index (χ4v) is 6.39. The number of esters is 1. The number of unbranched alkanes of at least 4 members (excludes halogenated alkanes) is 25. The van der Waals surface area contributed by atoms with Gasteiger partial charge in [0.25, 0.3) is 0 Å². The number of carbonyl (C=O) groups is 4. The van der Waals surface area contributed by atoms with Crippen LogP contribution in [0.5, 0.6) is 0 Å². The average Bonchev–Trinajstić information content (AvgIpc) is 3.13. The normalized spacial score (nSPS) is 12.5. The molecule has 52 heavy (non-hydrogen) atoms. The van der Waals surface area contributed by atoms with Crippen LogP contribution in [0.25, 0.3) is 0 Å². The molecule has 9 heteroatoms. The third kappa shape index (κ3) is 34.7. The molecule has 0 bridgehead atoms. The van der Waals surface area contributed by atoms with E-state index >= 15 is 0 Å². The number of carboxylic acids is 1. The maximum Gasteiger partial charge on any atom is 0.328 e.